The molecule has 0 aliphatic heterocycles. The van der Waals surface area contributed by atoms with E-state index in [0.717, 1.165) is 19.3 Å². The molecule has 0 aromatic heterocycles. The Hall–Kier alpha value is -3.28. The zero-order valence-electron chi connectivity index (χ0n) is 17.0. The average Bonchev–Trinajstić information content (AvgIpc) is 2.76. The summed E-state index contributed by atoms with van der Waals surface area (Å²) in [7, 11) is 0. The molecule has 1 N–H and O–H groups in total. The van der Waals surface area contributed by atoms with Crippen molar-refractivity contribution < 1.29 is 23.9 Å². The summed E-state index contributed by atoms with van der Waals surface area (Å²) in [4.78, 5) is 47.4. The average molecular weight is 407 g/mol. The van der Waals surface area contributed by atoms with Crippen molar-refractivity contribution in [1.82, 2.24) is 0 Å². The molecule has 0 unspecified atom stereocenters. The summed E-state index contributed by atoms with van der Waals surface area (Å²) >= 11 is 0. The number of benzene rings is 2. The number of rotatable bonds is 8. The van der Waals surface area contributed by atoms with Gasteiger partial charge in [0.15, 0.2) is 18.2 Å². The van der Waals surface area contributed by atoms with Crippen molar-refractivity contribution in [1.29, 1.82) is 0 Å². The maximum absolute atomic E-state index is 12.4. The number of fused-ring (bicyclic) bond motifs is 1. The number of esters is 1. The first-order valence-electron chi connectivity index (χ1n) is 10.1. The number of ketones is 2. The Kier molecular flexibility index (Phi) is 7.12. The number of carbonyl (C=O) groups excluding carboxylic acids is 4. The van der Waals surface area contributed by atoms with Gasteiger partial charge in [-0.3, -0.25) is 19.2 Å². The van der Waals surface area contributed by atoms with Gasteiger partial charge in [-0.1, -0.05) is 12.1 Å². The Morgan fingerprint density at radius 2 is 1.53 bits per heavy atom. The van der Waals surface area contributed by atoms with Crippen molar-refractivity contribution in [3.05, 3.63) is 64.7 Å². The second-order valence-electron chi connectivity index (χ2n) is 7.46. The van der Waals surface area contributed by atoms with Crippen LogP contribution in [0.1, 0.15) is 64.4 Å². The van der Waals surface area contributed by atoms with Gasteiger partial charge in [-0.15, -0.1) is 0 Å². The van der Waals surface area contributed by atoms with E-state index in [9.17, 15) is 19.2 Å². The number of hydrogen-bond donors (Lipinski definition) is 1. The van der Waals surface area contributed by atoms with Gasteiger partial charge in [-0.2, -0.15) is 0 Å². The lowest BCUT2D eigenvalue weighted by Crippen LogP contribution is -2.21. The number of carbonyl (C=O) groups is 4. The summed E-state index contributed by atoms with van der Waals surface area (Å²) in [6.07, 6.45) is 4.34. The molecule has 2 aromatic carbocycles. The zero-order valence-corrected chi connectivity index (χ0v) is 17.0. The lowest BCUT2D eigenvalue weighted by molar-refractivity contribution is -0.147. The number of ether oxygens (including phenoxy) is 1. The van der Waals surface area contributed by atoms with E-state index in [1.165, 1.54) is 24.5 Å². The Morgan fingerprint density at radius 3 is 2.23 bits per heavy atom. The van der Waals surface area contributed by atoms with Crippen LogP contribution in [0.5, 0.6) is 0 Å². The first-order chi connectivity index (χ1) is 14.4. The van der Waals surface area contributed by atoms with Gasteiger partial charge >= 0.3 is 5.97 Å². The number of amides is 1. The molecule has 1 amide bonds. The Bertz CT molecular complexity index is 962. The van der Waals surface area contributed by atoms with Crippen molar-refractivity contribution in [2.75, 3.05) is 11.9 Å². The van der Waals surface area contributed by atoms with Gasteiger partial charge in [0.2, 0.25) is 0 Å². The number of nitrogens with one attached hydrogen (secondary N) is 1. The largest absolute Gasteiger partial charge is 0.456 e. The first-order valence-corrected chi connectivity index (χ1v) is 10.1. The van der Waals surface area contributed by atoms with Gasteiger partial charge in [-0.25, -0.2) is 0 Å². The van der Waals surface area contributed by atoms with Crippen LogP contribution in [0, 0.1) is 0 Å². The Balaban J connectivity index is 1.41. The topological polar surface area (TPSA) is 89.5 Å². The molecule has 30 heavy (non-hydrogen) atoms. The second-order valence-corrected chi connectivity index (χ2v) is 7.46. The van der Waals surface area contributed by atoms with E-state index >= 15 is 0 Å². The van der Waals surface area contributed by atoms with Crippen LogP contribution >= 0.6 is 0 Å². The van der Waals surface area contributed by atoms with Crippen LogP contribution in [-0.2, 0) is 27.2 Å². The molecule has 2 aromatic rings. The van der Waals surface area contributed by atoms with Crippen LogP contribution in [0.2, 0.25) is 0 Å². The zero-order chi connectivity index (χ0) is 21.5. The van der Waals surface area contributed by atoms with Crippen LogP contribution < -0.4 is 5.32 Å². The van der Waals surface area contributed by atoms with Crippen LogP contribution in [0.4, 0.5) is 5.69 Å². The molecule has 0 atom stereocenters. The highest BCUT2D eigenvalue weighted by atomic mass is 16.5. The smallest absolute Gasteiger partial charge is 0.306 e. The predicted molar refractivity (Wildman–Crippen MR) is 113 cm³/mol. The van der Waals surface area contributed by atoms with Crippen LogP contribution in [-0.4, -0.2) is 30.0 Å². The van der Waals surface area contributed by atoms with Gasteiger partial charge in [0.05, 0.1) is 6.42 Å². The molecule has 0 radical (unpaired) electrons. The van der Waals surface area contributed by atoms with Gasteiger partial charge in [0.1, 0.15) is 0 Å². The minimum absolute atomic E-state index is 0.0474. The number of aryl methyl sites for hydroxylation is 2. The predicted octanol–water partition coefficient (Wildman–Crippen LogP) is 3.91. The lowest BCUT2D eigenvalue weighted by atomic mass is 9.89. The van der Waals surface area contributed by atoms with E-state index in [0.29, 0.717) is 16.8 Å². The third-order valence-corrected chi connectivity index (χ3v) is 5.17. The fraction of sp³-hybridized carbons (Fsp3) is 0.333. The van der Waals surface area contributed by atoms with Gasteiger partial charge in [0, 0.05) is 23.2 Å². The highest BCUT2D eigenvalue weighted by molar-refractivity contribution is 5.98. The summed E-state index contributed by atoms with van der Waals surface area (Å²) in [5.41, 5.74) is 4.20. The van der Waals surface area contributed by atoms with Gasteiger partial charge < -0.3 is 10.1 Å². The molecule has 6 heteroatoms. The van der Waals surface area contributed by atoms with E-state index in [1.807, 2.05) is 18.2 Å². The molecule has 0 saturated heterocycles. The van der Waals surface area contributed by atoms with Crippen molar-refractivity contribution in [2.24, 2.45) is 0 Å². The molecule has 0 saturated carbocycles. The van der Waals surface area contributed by atoms with Crippen molar-refractivity contribution in [3.8, 4) is 0 Å². The Labute approximate surface area is 175 Å². The van der Waals surface area contributed by atoms with E-state index in [4.69, 9.17) is 4.74 Å². The van der Waals surface area contributed by atoms with Gasteiger partial charge in [0.25, 0.3) is 5.91 Å². The molecule has 0 heterocycles. The molecule has 6 nitrogen and oxygen atoms in total. The SMILES string of the molecule is CC(=O)c1ccc(NC(=O)COC(=O)CCC(=O)c2ccc3c(c2)CCCC3)cc1. The van der Waals surface area contributed by atoms with E-state index in [1.54, 1.807) is 24.3 Å². The summed E-state index contributed by atoms with van der Waals surface area (Å²) in [5, 5.41) is 2.59. The maximum atomic E-state index is 12.4. The fourth-order valence-corrected chi connectivity index (χ4v) is 3.47. The third-order valence-electron chi connectivity index (χ3n) is 5.17. The number of Topliss-reactive ketones (excluding diaryl/α,β-unsaturated/α-hetero) is 2. The minimum atomic E-state index is -0.594. The summed E-state index contributed by atoms with van der Waals surface area (Å²) in [5.74, 6) is -1.24. The van der Waals surface area contributed by atoms with Crippen molar-refractivity contribution >= 4 is 29.1 Å². The first kappa shape index (κ1) is 21.4. The van der Waals surface area contributed by atoms with Crippen LogP contribution in [0.15, 0.2) is 42.5 Å². The molecule has 156 valence electrons. The fourth-order valence-electron chi connectivity index (χ4n) is 3.47. The number of hydrogen-bond acceptors (Lipinski definition) is 5. The van der Waals surface area contributed by atoms with Crippen LogP contribution in [0.25, 0.3) is 0 Å². The maximum Gasteiger partial charge on any atom is 0.306 e. The minimum Gasteiger partial charge on any atom is -0.456 e. The second kappa shape index (κ2) is 9.96. The van der Waals surface area contributed by atoms with Gasteiger partial charge in [-0.05, 0) is 74.1 Å². The highest BCUT2D eigenvalue weighted by Crippen LogP contribution is 2.23. The quantitative estimate of drug-likeness (QED) is 0.529. The van der Waals surface area contributed by atoms with E-state index in [-0.39, 0.29) is 24.4 Å². The van der Waals surface area contributed by atoms with Crippen molar-refractivity contribution in [2.45, 2.75) is 45.4 Å². The normalized spacial score (nSPS) is 12.6. The molecule has 1 aliphatic carbocycles. The Morgan fingerprint density at radius 1 is 0.867 bits per heavy atom. The van der Waals surface area contributed by atoms with Crippen molar-refractivity contribution in [3.63, 3.8) is 0 Å². The van der Waals surface area contributed by atoms with Crippen LogP contribution in [0.3, 0.4) is 0 Å². The molecule has 0 fully saturated rings. The highest BCUT2D eigenvalue weighted by Gasteiger charge is 2.15. The third kappa shape index (κ3) is 5.86. The molecule has 0 spiro atoms. The van der Waals surface area contributed by atoms with E-state index < -0.39 is 18.5 Å². The van der Waals surface area contributed by atoms with E-state index in [2.05, 4.69) is 5.32 Å². The molecule has 3 rings (SSSR count). The molecular weight excluding hydrogens is 382 g/mol. The number of anilines is 1. The monoisotopic (exact) mass is 407 g/mol. The standard InChI is InChI=1S/C24H25NO5/c1-16(26)17-8-10-21(11-9-17)25-23(28)15-30-24(29)13-12-22(27)20-7-6-18-4-2-3-5-19(18)14-20/h6-11,14H,2-5,12-13,15H2,1H3,(H,25,28). The lowest BCUT2D eigenvalue weighted by Gasteiger charge is -2.16. The molecule has 0 bridgehead atoms. The summed E-state index contributed by atoms with van der Waals surface area (Å²) < 4.78 is 4.96. The summed E-state index contributed by atoms with van der Waals surface area (Å²) in [6, 6.07) is 12.2. The molecule has 1 aliphatic rings. The molecular formula is C24H25NO5. The summed E-state index contributed by atoms with van der Waals surface area (Å²) in [6.45, 7) is 1.03.